The van der Waals surface area contributed by atoms with E-state index in [2.05, 4.69) is 15.3 Å². The van der Waals surface area contributed by atoms with Crippen molar-refractivity contribution >= 4 is 11.7 Å². The fourth-order valence-electron chi connectivity index (χ4n) is 2.70. The molecular formula is C18H22N4O3. The van der Waals surface area contributed by atoms with Gasteiger partial charge < -0.3 is 19.7 Å². The molecule has 0 aliphatic carbocycles. The van der Waals surface area contributed by atoms with Crippen molar-refractivity contribution in [3.8, 4) is 11.6 Å². The quantitative estimate of drug-likeness (QED) is 0.904. The zero-order valence-corrected chi connectivity index (χ0v) is 14.2. The lowest BCUT2D eigenvalue weighted by molar-refractivity contribution is 0.111. The minimum absolute atomic E-state index is 0.0613. The average molecular weight is 342 g/mol. The molecule has 1 aromatic carbocycles. The Morgan fingerprint density at radius 3 is 2.64 bits per heavy atom. The van der Waals surface area contributed by atoms with Gasteiger partial charge in [0.05, 0.1) is 12.8 Å². The number of amides is 2. The first-order valence-corrected chi connectivity index (χ1v) is 8.46. The summed E-state index contributed by atoms with van der Waals surface area (Å²) in [6.45, 7) is 3.85. The van der Waals surface area contributed by atoms with Gasteiger partial charge in [0, 0.05) is 44.0 Å². The number of benzene rings is 1. The summed E-state index contributed by atoms with van der Waals surface area (Å²) in [5, 5.41) is 2.91. The van der Waals surface area contributed by atoms with Crippen molar-refractivity contribution in [3.63, 3.8) is 0 Å². The maximum Gasteiger partial charge on any atom is 0.321 e. The molecule has 1 aromatic heterocycles. The second-order valence-electron chi connectivity index (χ2n) is 5.74. The van der Waals surface area contributed by atoms with Gasteiger partial charge in [0.1, 0.15) is 11.9 Å². The van der Waals surface area contributed by atoms with Crippen LogP contribution in [0, 0.1) is 0 Å². The zero-order chi connectivity index (χ0) is 17.5. The van der Waals surface area contributed by atoms with Crippen molar-refractivity contribution in [2.24, 2.45) is 0 Å². The van der Waals surface area contributed by atoms with Gasteiger partial charge in [0.25, 0.3) is 0 Å². The average Bonchev–Trinajstić information content (AvgIpc) is 2.65. The Morgan fingerprint density at radius 1 is 1.24 bits per heavy atom. The smallest absolute Gasteiger partial charge is 0.321 e. The number of urea groups is 1. The molecule has 0 saturated carbocycles. The molecule has 132 valence electrons. The number of anilines is 1. The Balaban J connectivity index is 1.46. The van der Waals surface area contributed by atoms with Crippen LogP contribution in [0.3, 0.4) is 0 Å². The summed E-state index contributed by atoms with van der Waals surface area (Å²) in [5.74, 6) is 1.32. The lowest BCUT2D eigenvalue weighted by atomic mass is 10.1. The van der Waals surface area contributed by atoms with E-state index in [-0.39, 0.29) is 12.1 Å². The maximum atomic E-state index is 12.4. The van der Waals surface area contributed by atoms with Crippen LogP contribution in [0.4, 0.5) is 10.5 Å². The highest BCUT2D eigenvalue weighted by molar-refractivity contribution is 5.89. The second-order valence-corrected chi connectivity index (χ2v) is 5.74. The van der Waals surface area contributed by atoms with E-state index < -0.39 is 0 Å². The molecule has 0 bridgehead atoms. The van der Waals surface area contributed by atoms with Crippen LogP contribution in [0.5, 0.6) is 11.6 Å². The number of rotatable bonds is 5. The highest BCUT2D eigenvalue weighted by Crippen LogP contribution is 2.19. The predicted octanol–water partition coefficient (Wildman–Crippen LogP) is 2.95. The summed E-state index contributed by atoms with van der Waals surface area (Å²) in [7, 11) is 0. The molecule has 0 unspecified atom stereocenters. The van der Waals surface area contributed by atoms with Crippen molar-refractivity contribution in [1.82, 2.24) is 14.9 Å². The molecule has 0 spiro atoms. The third kappa shape index (κ3) is 4.82. The van der Waals surface area contributed by atoms with Gasteiger partial charge in [0.15, 0.2) is 0 Å². The number of hydrogen-bond acceptors (Lipinski definition) is 5. The highest BCUT2D eigenvalue weighted by atomic mass is 16.5. The first-order chi connectivity index (χ1) is 12.2. The third-order valence-corrected chi connectivity index (χ3v) is 3.97. The SMILES string of the molecule is CCOc1ccc(NC(=O)N2CCC(Oc3cnccn3)CC2)cc1. The molecule has 1 N–H and O–H groups in total. The number of carbonyl (C=O) groups is 1. The van der Waals surface area contributed by atoms with Crippen molar-refractivity contribution in [2.75, 3.05) is 25.0 Å². The van der Waals surface area contributed by atoms with Crippen LogP contribution in [0.25, 0.3) is 0 Å². The number of ether oxygens (including phenoxy) is 2. The van der Waals surface area contributed by atoms with Crippen LogP contribution in [-0.4, -0.2) is 46.7 Å². The molecule has 0 radical (unpaired) electrons. The van der Waals surface area contributed by atoms with Crippen LogP contribution in [0.2, 0.25) is 0 Å². The maximum absolute atomic E-state index is 12.4. The van der Waals surface area contributed by atoms with Crippen LogP contribution in [0.15, 0.2) is 42.9 Å². The monoisotopic (exact) mass is 342 g/mol. The van der Waals surface area contributed by atoms with E-state index in [1.54, 1.807) is 23.5 Å². The summed E-state index contributed by atoms with van der Waals surface area (Å²) < 4.78 is 11.2. The van der Waals surface area contributed by atoms with E-state index in [4.69, 9.17) is 9.47 Å². The standard InChI is InChI=1S/C18H22N4O3/c1-2-24-15-5-3-14(4-6-15)21-18(23)22-11-7-16(8-12-22)25-17-13-19-9-10-20-17/h3-6,9-10,13,16H,2,7-8,11-12H2,1H3,(H,21,23). The Kier molecular flexibility index (Phi) is 5.66. The van der Waals surface area contributed by atoms with Crippen molar-refractivity contribution in [2.45, 2.75) is 25.9 Å². The van der Waals surface area contributed by atoms with Crippen LogP contribution >= 0.6 is 0 Å². The van der Waals surface area contributed by atoms with E-state index in [0.29, 0.717) is 25.6 Å². The van der Waals surface area contributed by atoms with E-state index in [1.807, 2.05) is 31.2 Å². The molecule has 0 atom stereocenters. The Labute approximate surface area is 147 Å². The lowest BCUT2D eigenvalue weighted by Gasteiger charge is -2.31. The Bertz CT molecular complexity index is 670. The van der Waals surface area contributed by atoms with E-state index in [0.717, 1.165) is 24.3 Å². The third-order valence-electron chi connectivity index (χ3n) is 3.97. The summed E-state index contributed by atoms with van der Waals surface area (Å²) in [4.78, 5) is 22.3. The lowest BCUT2D eigenvalue weighted by Crippen LogP contribution is -2.43. The molecule has 25 heavy (non-hydrogen) atoms. The highest BCUT2D eigenvalue weighted by Gasteiger charge is 2.24. The van der Waals surface area contributed by atoms with E-state index >= 15 is 0 Å². The van der Waals surface area contributed by atoms with Crippen LogP contribution in [-0.2, 0) is 0 Å². The van der Waals surface area contributed by atoms with Gasteiger partial charge in [0.2, 0.25) is 5.88 Å². The Hall–Kier alpha value is -2.83. The largest absolute Gasteiger partial charge is 0.494 e. The first kappa shape index (κ1) is 17.0. The molecule has 1 saturated heterocycles. The summed E-state index contributed by atoms with van der Waals surface area (Å²) in [6.07, 6.45) is 6.42. The molecule has 1 aliphatic heterocycles. The minimum Gasteiger partial charge on any atom is -0.494 e. The zero-order valence-electron chi connectivity index (χ0n) is 14.2. The van der Waals surface area contributed by atoms with Gasteiger partial charge in [-0.2, -0.15) is 0 Å². The molecule has 1 aliphatic rings. The molecule has 7 nitrogen and oxygen atoms in total. The molecule has 2 heterocycles. The normalized spacial score (nSPS) is 14.8. The van der Waals surface area contributed by atoms with E-state index in [9.17, 15) is 4.79 Å². The van der Waals surface area contributed by atoms with Gasteiger partial charge >= 0.3 is 6.03 Å². The molecular weight excluding hydrogens is 320 g/mol. The Morgan fingerprint density at radius 2 is 2.00 bits per heavy atom. The van der Waals surface area contributed by atoms with Gasteiger partial charge in [-0.1, -0.05) is 0 Å². The summed E-state index contributed by atoms with van der Waals surface area (Å²) >= 11 is 0. The van der Waals surface area contributed by atoms with E-state index in [1.165, 1.54) is 0 Å². The molecule has 7 heteroatoms. The van der Waals surface area contributed by atoms with Crippen molar-refractivity contribution in [1.29, 1.82) is 0 Å². The number of carbonyl (C=O) groups excluding carboxylic acids is 1. The van der Waals surface area contributed by atoms with Gasteiger partial charge in [-0.25, -0.2) is 9.78 Å². The number of piperidine rings is 1. The fourth-order valence-corrected chi connectivity index (χ4v) is 2.70. The topological polar surface area (TPSA) is 76.6 Å². The van der Waals surface area contributed by atoms with Gasteiger partial charge in [-0.05, 0) is 31.2 Å². The molecule has 2 amide bonds. The summed E-state index contributed by atoms with van der Waals surface area (Å²) in [6, 6.07) is 7.28. The van der Waals surface area contributed by atoms with Crippen LogP contribution in [0.1, 0.15) is 19.8 Å². The molecule has 3 rings (SSSR count). The predicted molar refractivity (Wildman–Crippen MR) is 93.9 cm³/mol. The fraction of sp³-hybridized carbons (Fsp3) is 0.389. The second kappa shape index (κ2) is 8.32. The van der Waals surface area contributed by atoms with Crippen molar-refractivity contribution < 1.29 is 14.3 Å². The first-order valence-electron chi connectivity index (χ1n) is 8.46. The van der Waals surface area contributed by atoms with Gasteiger partial charge in [-0.3, -0.25) is 4.98 Å². The molecule has 2 aromatic rings. The van der Waals surface area contributed by atoms with Crippen LogP contribution < -0.4 is 14.8 Å². The van der Waals surface area contributed by atoms with Crippen molar-refractivity contribution in [3.05, 3.63) is 42.9 Å². The number of nitrogens with one attached hydrogen (secondary N) is 1. The number of aromatic nitrogens is 2. The number of nitrogens with zero attached hydrogens (tertiary/aromatic N) is 3. The number of hydrogen-bond donors (Lipinski definition) is 1. The minimum atomic E-state index is -0.0953. The summed E-state index contributed by atoms with van der Waals surface area (Å²) in [5.41, 5.74) is 0.756. The van der Waals surface area contributed by atoms with Gasteiger partial charge in [-0.15, -0.1) is 0 Å². The number of likely N-dealkylation sites (tertiary alicyclic amines) is 1. The molecule has 1 fully saturated rings.